The third kappa shape index (κ3) is 5.01. The summed E-state index contributed by atoms with van der Waals surface area (Å²) in [5.41, 5.74) is 31.6. The zero-order valence-electron chi connectivity index (χ0n) is 15.3. The van der Waals surface area contributed by atoms with Gasteiger partial charge in [-0.3, -0.25) is 0 Å². The van der Waals surface area contributed by atoms with Crippen LogP contribution in [-0.4, -0.2) is 20.3 Å². The summed E-state index contributed by atoms with van der Waals surface area (Å²) in [6.07, 6.45) is 0. The first kappa shape index (κ1) is 21.2. The molecule has 0 radical (unpaired) electrons. The van der Waals surface area contributed by atoms with Crippen molar-refractivity contribution in [3.63, 3.8) is 0 Å². The van der Waals surface area contributed by atoms with Crippen molar-refractivity contribution in [2.75, 3.05) is 23.7 Å². The summed E-state index contributed by atoms with van der Waals surface area (Å²) >= 11 is 0. The molecule has 0 bridgehead atoms. The van der Waals surface area contributed by atoms with E-state index in [0.717, 1.165) is 22.5 Å². The van der Waals surface area contributed by atoms with Gasteiger partial charge in [0, 0.05) is 34.7 Å². The quantitative estimate of drug-likeness (QED) is 0.417. The van der Waals surface area contributed by atoms with E-state index in [1.807, 2.05) is 48.5 Å². The molecule has 0 saturated heterocycles. The standard InChI is InChI=1S/C12H12N2.C8H13N3O2S/c13-11-7-3-1-5-9(11)10-6-2-4-8-12(10)14;9-5-8(11)14(12,13)7-3-1-2-6(10)4-7/h1-8H,13-14H2;1-4,8H,5,9-11H2. The van der Waals surface area contributed by atoms with E-state index in [-0.39, 0.29) is 11.4 Å². The van der Waals surface area contributed by atoms with E-state index < -0.39 is 15.2 Å². The number of hydrogen-bond donors (Lipinski definition) is 5. The van der Waals surface area contributed by atoms with Gasteiger partial charge in [0.05, 0.1) is 4.90 Å². The monoisotopic (exact) mass is 399 g/mol. The van der Waals surface area contributed by atoms with Gasteiger partial charge in [-0.1, -0.05) is 42.5 Å². The second kappa shape index (κ2) is 9.23. The maximum Gasteiger partial charge on any atom is 0.195 e. The van der Waals surface area contributed by atoms with Gasteiger partial charge < -0.3 is 28.7 Å². The highest BCUT2D eigenvalue weighted by Gasteiger charge is 2.22. The number of anilines is 3. The lowest BCUT2D eigenvalue weighted by Crippen LogP contribution is -2.37. The summed E-state index contributed by atoms with van der Waals surface area (Å²) in [4.78, 5) is 0.107. The number of para-hydroxylation sites is 2. The van der Waals surface area contributed by atoms with Crippen molar-refractivity contribution in [1.82, 2.24) is 0 Å². The van der Waals surface area contributed by atoms with Gasteiger partial charge in [0.25, 0.3) is 0 Å². The first-order valence-corrected chi connectivity index (χ1v) is 10.1. The van der Waals surface area contributed by atoms with Crippen LogP contribution in [0.25, 0.3) is 11.1 Å². The molecule has 0 aliphatic rings. The van der Waals surface area contributed by atoms with Crippen molar-refractivity contribution in [3.8, 4) is 11.1 Å². The zero-order chi connectivity index (χ0) is 20.7. The highest BCUT2D eigenvalue weighted by atomic mass is 32.2. The van der Waals surface area contributed by atoms with Crippen molar-refractivity contribution in [2.24, 2.45) is 11.5 Å². The molecule has 3 rings (SSSR count). The first-order chi connectivity index (χ1) is 13.3. The average Bonchev–Trinajstić information content (AvgIpc) is 2.69. The summed E-state index contributed by atoms with van der Waals surface area (Å²) in [6, 6.07) is 21.4. The smallest absolute Gasteiger partial charge is 0.195 e. The molecule has 0 aromatic heterocycles. The van der Waals surface area contributed by atoms with Crippen LogP contribution in [0.1, 0.15) is 0 Å². The van der Waals surface area contributed by atoms with Crippen LogP contribution in [0.2, 0.25) is 0 Å². The molecule has 1 unspecified atom stereocenters. The predicted molar refractivity (Wildman–Crippen MR) is 116 cm³/mol. The minimum atomic E-state index is -3.54. The SMILES string of the molecule is NCC(N)S(=O)(=O)c1cccc(N)c1.Nc1ccccc1-c1ccccc1N. The Bertz CT molecular complexity index is 995. The van der Waals surface area contributed by atoms with E-state index in [1.165, 1.54) is 12.1 Å². The maximum atomic E-state index is 11.7. The molecule has 0 aliphatic heterocycles. The maximum absolute atomic E-state index is 11.7. The summed E-state index contributed by atoms with van der Waals surface area (Å²) in [5, 5.41) is -1.08. The molecular formula is C20H25N5O2S. The predicted octanol–water partition coefficient (Wildman–Crippen LogP) is 1.80. The minimum absolute atomic E-state index is 0.107. The Morgan fingerprint density at radius 3 is 1.68 bits per heavy atom. The van der Waals surface area contributed by atoms with Gasteiger partial charge in [0.15, 0.2) is 9.84 Å². The lowest BCUT2D eigenvalue weighted by Gasteiger charge is -2.10. The number of hydrogen-bond acceptors (Lipinski definition) is 7. The van der Waals surface area contributed by atoms with Crippen LogP contribution in [0.15, 0.2) is 77.7 Å². The van der Waals surface area contributed by atoms with E-state index >= 15 is 0 Å². The van der Waals surface area contributed by atoms with Crippen LogP contribution in [0.4, 0.5) is 17.1 Å². The van der Waals surface area contributed by atoms with Crippen LogP contribution < -0.4 is 28.7 Å². The molecule has 28 heavy (non-hydrogen) atoms. The second-order valence-electron chi connectivity index (χ2n) is 6.07. The topological polar surface area (TPSA) is 164 Å². The minimum Gasteiger partial charge on any atom is -0.399 e. The third-order valence-corrected chi connectivity index (χ3v) is 5.93. The summed E-state index contributed by atoms with van der Waals surface area (Å²) in [6.45, 7) is -0.114. The second-order valence-corrected chi connectivity index (χ2v) is 8.23. The number of rotatable bonds is 4. The van der Waals surface area contributed by atoms with Crippen molar-refractivity contribution in [3.05, 3.63) is 72.8 Å². The Hall–Kier alpha value is -3.07. The van der Waals surface area contributed by atoms with Crippen LogP contribution in [-0.2, 0) is 9.84 Å². The van der Waals surface area contributed by atoms with Gasteiger partial charge in [-0.25, -0.2) is 8.42 Å². The van der Waals surface area contributed by atoms with E-state index in [0.29, 0.717) is 5.69 Å². The fourth-order valence-electron chi connectivity index (χ4n) is 2.48. The fraction of sp³-hybridized carbons (Fsp3) is 0.100. The van der Waals surface area contributed by atoms with Gasteiger partial charge in [-0.2, -0.15) is 0 Å². The molecule has 8 heteroatoms. The van der Waals surface area contributed by atoms with E-state index in [9.17, 15) is 8.42 Å². The van der Waals surface area contributed by atoms with E-state index in [2.05, 4.69) is 0 Å². The molecule has 0 spiro atoms. The number of benzene rings is 3. The van der Waals surface area contributed by atoms with Crippen LogP contribution in [0.5, 0.6) is 0 Å². The molecule has 3 aromatic rings. The van der Waals surface area contributed by atoms with Gasteiger partial charge in [-0.15, -0.1) is 0 Å². The lowest BCUT2D eigenvalue weighted by molar-refractivity contribution is 0.581. The van der Waals surface area contributed by atoms with Crippen molar-refractivity contribution in [1.29, 1.82) is 0 Å². The Balaban J connectivity index is 0.000000200. The number of nitrogens with two attached hydrogens (primary N) is 5. The third-order valence-electron chi connectivity index (χ3n) is 4.03. The Morgan fingerprint density at radius 2 is 1.25 bits per heavy atom. The fourth-order valence-corrected chi connectivity index (χ4v) is 3.65. The van der Waals surface area contributed by atoms with E-state index in [4.69, 9.17) is 28.7 Å². The summed E-state index contributed by atoms with van der Waals surface area (Å²) < 4.78 is 23.3. The molecule has 0 aliphatic carbocycles. The van der Waals surface area contributed by atoms with E-state index in [1.54, 1.807) is 12.1 Å². The summed E-state index contributed by atoms with van der Waals surface area (Å²) in [5.74, 6) is 0. The van der Waals surface area contributed by atoms with Gasteiger partial charge in [-0.05, 0) is 30.3 Å². The Kier molecular flexibility index (Phi) is 7.00. The summed E-state index contributed by atoms with van der Waals surface area (Å²) in [7, 11) is -3.54. The lowest BCUT2D eigenvalue weighted by atomic mass is 10.0. The first-order valence-electron chi connectivity index (χ1n) is 8.52. The molecule has 0 saturated carbocycles. The largest absolute Gasteiger partial charge is 0.399 e. The van der Waals surface area contributed by atoms with Crippen LogP contribution >= 0.6 is 0 Å². The molecule has 0 heterocycles. The Labute approximate surface area is 165 Å². The molecule has 0 amide bonds. The number of nitrogen functional groups attached to an aromatic ring is 3. The van der Waals surface area contributed by atoms with Gasteiger partial charge in [0.2, 0.25) is 0 Å². The highest BCUT2D eigenvalue weighted by Crippen LogP contribution is 2.29. The van der Waals surface area contributed by atoms with Gasteiger partial charge >= 0.3 is 0 Å². The molecule has 10 N–H and O–H groups in total. The van der Waals surface area contributed by atoms with Gasteiger partial charge in [0.1, 0.15) is 5.37 Å². The van der Waals surface area contributed by atoms with Crippen molar-refractivity contribution >= 4 is 26.9 Å². The van der Waals surface area contributed by atoms with Crippen LogP contribution in [0, 0.1) is 0 Å². The highest BCUT2D eigenvalue weighted by molar-refractivity contribution is 7.92. The van der Waals surface area contributed by atoms with Crippen LogP contribution in [0.3, 0.4) is 0 Å². The molecule has 1 atom stereocenters. The molecular weight excluding hydrogens is 374 g/mol. The number of sulfone groups is 1. The molecule has 7 nitrogen and oxygen atoms in total. The Morgan fingerprint density at radius 1 is 0.750 bits per heavy atom. The molecule has 0 fully saturated rings. The normalized spacial score (nSPS) is 11.9. The molecule has 3 aromatic carbocycles. The molecule has 148 valence electrons. The van der Waals surface area contributed by atoms with Crippen molar-refractivity contribution in [2.45, 2.75) is 10.3 Å². The van der Waals surface area contributed by atoms with Crippen molar-refractivity contribution < 1.29 is 8.42 Å². The zero-order valence-corrected chi connectivity index (χ0v) is 16.1. The average molecular weight is 400 g/mol.